The Labute approximate surface area is 176 Å². The van der Waals surface area contributed by atoms with E-state index in [1.54, 1.807) is 0 Å². The molecule has 3 heterocycles. The summed E-state index contributed by atoms with van der Waals surface area (Å²) in [6.45, 7) is 14.3. The van der Waals surface area contributed by atoms with E-state index in [2.05, 4.69) is 31.9 Å². The van der Waals surface area contributed by atoms with Crippen molar-refractivity contribution in [1.29, 1.82) is 0 Å². The minimum atomic E-state index is -0.205. The van der Waals surface area contributed by atoms with Crippen molar-refractivity contribution >= 4 is 11.9 Å². The monoisotopic (exact) mass is 408 g/mol. The normalized spacial score (nSPS) is 24.9. The zero-order valence-corrected chi connectivity index (χ0v) is 18.4. The molecule has 0 aromatic rings. The van der Waals surface area contributed by atoms with Crippen LogP contribution in [-0.2, 0) is 9.53 Å². The molecule has 8 heteroatoms. The number of rotatable bonds is 7. The van der Waals surface area contributed by atoms with Gasteiger partial charge in [-0.25, -0.2) is 0 Å². The molecule has 1 unspecified atom stereocenters. The van der Waals surface area contributed by atoms with Crippen LogP contribution < -0.4 is 5.32 Å². The molecular weight excluding hydrogens is 368 g/mol. The minimum Gasteiger partial charge on any atom is -0.368 e. The van der Waals surface area contributed by atoms with Crippen molar-refractivity contribution in [3.05, 3.63) is 0 Å². The van der Waals surface area contributed by atoms with Crippen molar-refractivity contribution in [2.24, 2.45) is 4.99 Å². The fourth-order valence-electron chi connectivity index (χ4n) is 4.44. The first kappa shape index (κ1) is 22.3. The maximum absolute atomic E-state index is 12.5. The van der Waals surface area contributed by atoms with Crippen LogP contribution in [0.3, 0.4) is 0 Å². The lowest BCUT2D eigenvalue weighted by Crippen LogP contribution is -2.55. The number of nitrogens with one attached hydrogen (secondary N) is 1. The molecule has 1 N–H and O–H groups in total. The molecule has 3 saturated heterocycles. The predicted molar refractivity (Wildman–Crippen MR) is 116 cm³/mol. The molecule has 3 aliphatic heterocycles. The summed E-state index contributed by atoms with van der Waals surface area (Å²) in [6.07, 6.45) is 4.05. The van der Waals surface area contributed by atoms with Gasteiger partial charge in [-0.05, 0) is 38.8 Å². The van der Waals surface area contributed by atoms with Gasteiger partial charge in [-0.1, -0.05) is 6.92 Å². The van der Waals surface area contributed by atoms with Crippen molar-refractivity contribution in [1.82, 2.24) is 24.9 Å². The van der Waals surface area contributed by atoms with Gasteiger partial charge in [0.25, 0.3) is 5.91 Å². The Morgan fingerprint density at radius 3 is 2.31 bits per heavy atom. The Hall–Kier alpha value is -1.38. The molecule has 166 valence electrons. The van der Waals surface area contributed by atoms with Crippen molar-refractivity contribution < 1.29 is 9.53 Å². The second kappa shape index (κ2) is 11.7. The number of nitrogens with zero attached hydrogens (tertiary/aromatic N) is 5. The number of guanidine groups is 1. The van der Waals surface area contributed by atoms with Crippen molar-refractivity contribution in [2.75, 3.05) is 85.6 Å². The van der Waals surface area contributed by atoms with E-state index in [0.717, 1.165) is 64.6 Å². The van der Waals surface area contributed by atoms with E-state index in [0.29, 0.717) is 0 Å². The lowest BCUT2D eigenvalue weighted by Gasteiger charge is -2.37. The number of piperazine rings is 2. The second-order valence-electron chi connectivity index (χ2n) is 8.27. The summed E-state index contributed by atoms with van der Waals surface area (Å²) in [7, 11) is 1.85. The van der Waals surface area contributed by atoms with E-state index >= 15 is 0 Å². The van der Waals surface area contributed by atoms with Gasteiger partial charge in [-0.15, -0.1) is 0 Å². The van der Waals surface area contributed by atoms with Crippen LogP contribution in [-0.4, -0.2) is 123 Å². The molecule has 3 fully saturated rings. The van der Waals surface area contributed by atoms with Gasteiger partial charge in [0.15, 0.2) is 5.96 Å². The smallest absolute Gasteiger partial charge is 0.251 e. The first-order valence-electron chi connectivity index (χ1n) is 11.5. The molecule has 3 aliphatic rings. The molecule has 0 saturated carbocycles. The largest absolute Gasteiger partial charge is 0.368 e. The molecule has 3 rings (SSSR count). The van der Waals surface area contributed by atoms with E-state index in [-0.39, 0.29) is 12.0 Å². The van der Waals surface area contributed by atoms with Gasteiger partial charge in [-0.2, -0.15) is 0 Å². The Morgan fingerprint density at radius 2 is 1.69 bits per heavy atom. The van der Waals surface area contributed by atoms with Crippen LogP contribution in [0.5, 0.6) is 0 Å². The molecule has 0 aromatic carbocycles. The van der Waals surface area contributed by atoms with E-state index in [9.17, 15) is 4.79 Å². The highest BCUT2D eigenvalue weighted by atomic mass is 16.5. The number of hydrogen-bond donors (Lipinski definition) is 1. The van der Waals surface area contributed by atoms with Crippen LogP contribution in [0, 0.1) is 0 Å². The SMILES string of the molecule is CCN1CCN(CCCCNC(=NC)N2CCN(C(=O)C3CCCO3)CC2)CC1. The summed E-state index contributed by atoms with van der Waals surface area (Å²) in [5.41, 5.74) is 0. The van der Waals surface area contributed by atoms with Gasteiger partial charge in [-0.3, -0.25) is 9.79 Å². The third-order valence-corrected chi connectivity index (χ3v) is 6.40. The van der Waals surface area contributed by atoms with Crippen LogP contribution in [0.25, 0.3) is 0 Å². The quantitative estimate of drug-likeness (QED) is 0.371. The third kappa shape index (κ3) is 6.55. The van der Waals surface area contributed by atoms with E-state index in [4.69, 9.17) is 4.74 Å². The maximum Gasteiger partial charge on any atom is 0.251 e. The Morgan fingerprint density at radius 1 is 1.00 bits per heavy atom. The molecule has 1 atom stereocenters. The van der Waals surface area contributed by atoms with Gasteiger partial charge in [0, 0.05) is 72.6 Å². The highest BCUT2D eigenvalue weighted by Gasteiger charge is 2.30. The predicted octanol–water partition coefficient (Wildman–Crippen LogP) is 0.303. The molecule has 1 amide bonds. The number of carbonyl (C=O) groups excluding carboxylic acids is 1. The van der Waals surface area contributed by atoms with Crippen LogP contribution in [0.2, 0.25) is 0 Å². The van der Waals surface area contributed by atoms with Crippen molar-refractivity contribution in [3.63, 3.8) is 0 Å². The molecule has 8 nitrogen and oxygen atoms in total. The molecular formula is C21H40N6O2. The number of hydrogen-bond acceptors (Lipinski definition) is 5. The lowest BCUT2D eigenvalue weighted by molar-refractivity contribution is -0.142. The first-order valence-corrected chi connectivity index (χ1v) is 11.5. The van der Waals surface area contributed by atoms with Crippen LogP contribution in [0.1, 0.15) is 32.6 Å². The molecule has 0 aliphatic carbocycles. The molecule has 0 radical (unpaired) electrons. The van der Waals surface area contributed by atoms with Gasteiger partial charge >= 0.3 is 0 Å². The summed E-state index contributed by atoms with van der Waals surface area (Å²) in [6, 6.07) is 0. The number of aliphatic imine (C=N–C) groups is 1. The summed E-state index contributed by atoms with van der Waals surface area (Å²) >= 11 is 0. The van der Waals surface area contributed by atoms with Gasteiger partial charge in [0.2, 0.25) is 0 Å². The molecule has 29 heavy (non-hydrogen) atoms. The third-order valence-electron chi connectivity index (χ3n) is 6.40. The first-order chi connectivity index (χ1) is 14.2. The number of carbonyl (C=O) groups is 1. The Bertz CT molecular complexity index is 521. The van der Waals surface area contributed by atoms with E-state index in [1.807, 2.05) is 11.9 Å². The zero-order chi connectivity index (χ0) is 20.5. The van der Waals surface area contributed by atoms with Gasteiger partial charge in [0.05, 0.1) is 0 Å². The molecule has 0 bridgehead atoms. The fraction of sp³-hybridized carbons (Fsp3) is 0.905. The summed E-state index contributed by atoms with van der Waals surface area (Å²) in [5, 5.41) is 3.51. The topological polar surface area (TPSA) is 63.7 Å². The van der Waals surface area contributed by atoms with Crippen LogP contribution >= 0.6 is 0 Å². The highest BCUT2D eigenvalue weighted by Crippen LogP contribution is 2.16. The molecule has 0 spiro atoms. The second-order valence-corrected chi connectivity index (χ2v) is 8.27. The standard InChI is InChI=1S/C21H40N6O2/c1-3-24-10-12-25(13-11-24)9-5-4-8-23-21(22-2)27-16-14-26(15-17-27)20(28)19-7-6-18-29-19/h19H,3-18H2,1-2H3,(H,22,23). The van der Waals surface area contributed by atoms with E-state index < -0.39 is 0 Å². The summed E-state index contributed by atoms with van der Waals surface area (Å²) in [4.78, 5) is 26.3. The Balaban J connectivity index is 1.28. The van der Waals surface area contributed by atoms with Gasteiger partial charge in [0.1, 0.15) is 6.10 Å². The lowest BCUT2D eigenvalue weighted by atomic mass is 10.2. The number of amides is 1. The van der Waals surface area contributed by atoms with Crippen LogP contribution in [0.15, 0.2) is 4.99 Å². The Kier molecular flexibility index (Phi) is 9.01. The van der Waals surface area contributed by atoms with Crippen molar-refractivity contribution in [2.45, 2.75) is 38.7 Å². The molecule has 0 aromatic heterocycles. The average Bonchev–Trinajstić information content (AvgIpc) is 3.31. The zero-order valence-electron chi connectivity index (χ0n) is 18.4. The number of likely N-dealkylation sites (N-methyl/N-ethyl adjacent to an activating group) is 1. The highest BCUT2D eigenvalue weighted by molar-refractivity contribution is 5.82. The van der Waals surface area contributed by atoms with E-state index in [1.165, 1.54) is 45.7 Å². The number of ether oxygens (including phenoxy) is 1. The minimum absolute atomic E-state index is 0.171. The maximum atomic E-state index is 12.5. The average molecular weight is 409 g/mol. The van der Waals surface area contributed by atoms with Crippen molar-refractivity contribution in [3.8, 4) is 0 Å². The summed E-state index contributed by atoms with van der Waals surface area (Å²) in [5.74, 6) is 1.13. The summed E-state index contributed by atoms with van der Waals surface area (Å²) < 4.78 is 5.55. The van der Waals surface area contributed by atoms with Gasteiger partial charge < -0.3 is 29.7 Å². The van der Waals surface area contributed by atoms with Crippen LogP contribution in [0.4, 0.5) is 0 Å². The number of unbranched alkanes of at least 4 members (excludes halogenated alkanes) is 1. The fourth-order valence-corrected chi connectivity index (χ4v) is 4.44.